The van der Waals surface area contributed by atoms with Crippen LogP contribution in [0.1, 0.15) is 29.8 Å². The topological polar surface area (TPSA) is 102 Å². The minimum absolute atomic E-state index is 0.00983. The first kappa shape index (κ1) is 24.2. The third kappa shape index (κ3) is 6.07. The summed E-state index contributed by atoms with van der Waals surface area (Å²) in [4.78, 5) is 24.3. The molecule has 0 aromatic heterocycles. The van der Waals surface area contributed by atoms with Crippen molar-refractivity contribution < 1.29 is 27.5 Å². The highest BCUT2D eigenvalue weighted by Gasteiger charge is 2.33. The van der Waals surface area contributed by atoms with E-state index in [0.717, 1.165) is 5.56 Å². The number of esters is 1. The van der Waals surface area contributed by atoms with Crippen LogP contribution >= 0.6 is 11.6 Å². The van der Waals surface area contributed by atoms with E-state index in [1.54, 1.807) is 13.8 Å². The molecule has 10 heteroatoms. The molecule has 1 N–H and O–H groups in total. The van der Waals surface area contributed by atoms with Gasteiger partial charge in [0.05, 0.1) is 17.2 Å². The van der Waals surface area contributed by atoms with Crippen molar-refractivity contribution in [3.05, 3.63) is 64.7 Å². The Morgan fingerprint density at radius 1 is 1.12 bits per heavy atom. The van der Waals surface area contributed by atoms with E-state index in [4.69, 9.17) is 21.1 Å². The molecule has 1 fully saturated rings. The van der Waals surface area contributed by atoms with Crippen LogP contribution in [0.2, 0.25) is 5.02 Å². The van der Waals surface area contributed by atoms with E-state index in [-0.39, 0.29) is 53.9 Å². The highest BCUT2D eigenvalue weighted by Crippen LogP contribution is 2.28. The van der Waals surface area contributed by atoms with E-state index in [0.29, 0.717) is 0 Å². The number of nitrogens with one attached hydrogen (secondary N) is 1. The summed E-state index contributed by atoms with van der Waals surface area (Å²) in [6.07, 6.45) is -0.527. The molecule has 2 atom stereocenters. The Labute approximate surface area is 192 Å². The van der Waals surface area contributed by atoms with Crippen LogP contribution in [0.15, 0.2) is 53.4 Å². The molecule has 8 nitrogen and oxygen atoms in total. The van der Waals surface area contributed by atoms with Crippen LogP contribution in [0.5, 0.6) is 0 Å². The van der Waals surface area contributed by atoms with Crippen molar-refractivity contribution in [1.82, 2.24) is 9.62 Å². The predicted molar refractivity (Wildman–Crippen MR) is 119 cm³/mol. The number of nitrogens with zero attached hydrogens (tertiary/aromatic N) is 1. The maximum Gasteiger partial charge on any atom is 0.325 e. The summed E-state index contributed by atoms with van der Waals surface area (Å²) in [6, 6.07) is 13.1. The van der Waals surface area contributed by atoms with E-state index in [1.807, 2.05) is 30.3 Å². The Kier molecular flexibility index (Phi) is 7.89. The second-order valence-electron chi connectivity index (χ2n) is 7.55. The average molecular weight is 481 g/mol. The van der Waals surface area contributed by atoms with E-state index in [9.17, 15) is 18.0 Å². The average Bonchev–Trinajstić information content (AvgIpc) is 2.76. The molecule has 2 aromatic carbocycles. The van der Waals surface area contributed by atoms with E-state index in [1.165, 1.54) is 22.5 Å². The third-order valence-electron chi connectivity index (χ3n) is 4.83. The molecule has 1 heterocycles. The maximum absolute atomic E-state index is 13.1. The standard InChI is InChI=1S/C22H25ClN2O6S/c1-15-12-25(13-16(2)31-15)32(28,29)20-10-18(8-9-19(20)23)22(27)24-11-21(26)30-14-17-6-4-3-5-7-17/h3-10,15-16H,11-14H2,1-2H3,(H,24,27). The van der Waals surface area contributed by atoms with Gasteiger partial charge in [-0.2, -0.15) is 4.31 Å². The molecule has 0 saturated carbocycles. The van der Waals surface area contributed by atoms with Gasteiger partial charge in [0.2, 0.25) is 10.0 Å². The summed E-state index contributed by atoms with van der Waals surface area (Å²) in [5, 5.41) is 2.45. The van der Waals surface area contributed by atoms with Crippen molar-refractivity contribution in [3.8, 4) is 0 Å². The molecule has 0 radical (unpaired) electrons. The Balaban J connectivity index is 1.65. The molecule has 1 amide bonds. The summed E-state index contributed by atoms with van der Waals surface area (Å²) in [7, 11) is -3.94. The van der Waals surface area contributed by atoms with Crippen LogP contribution in [0.3, 0.4) is 0 Å². The number of rotatable bonds is 7. The molecule has 0 bridgehead atoms. The number of hydrogen-bond donors (Lipinski definition) is 1. The first-order valence-corrected chi connectivity index (χ1v) is 11.9. The van der Waals surface area contributed by atoms with Crippen molar-refractivity contribution in [2.45, 2.75) is 37.6 Å². The summed E-state index contributed by atoms with van der Waals surface area (Å²) >= 11 is 6.16. The smallest absolute Gasteiger partial charge is 0.325 e. The van der Waals surface area contributed by atoms with Gasteiger partial charge in [-0.15, -0.1) is 0 Å². The number of morpholine rings is 1. The highest BCUT2D eigenvalue weighted by molar-refractivity contribution is 7.89. The van der Waals surface area contributed by atoms with Crippen LogP contribution in [0, 0.1) is 0 Å². The van der Waals surface area contributed by atoms with E-state index < -0.39 is 21.9 Å². The molecule has 2 unspecified atom stereocenters. The third-order valence-corrected chi connectivity index (χ3v) is 7.15. The molecule has 1 aliphatic rings. The minimum atomic E-state index is -3.94. The predicted octanol–water partition coefficient (Wildman–Crippen LogP) is 2.61. The monoisotopic (exact) mass is 480 g/mol. The van der Waals surface area contributed by atoms with Gasteiger partial charge in [-0.05, 0) is 37.6 Å². The number of sulfonamides is 1. The lowest BCUT2D eigenvalue weighted by Gasteiger charge is -2.34. The van der Waals surface area contributed by atoms with Crippen molar-refractivity contribution in [3.63, 3.8) is 0 Å². The van der Waals surface area contributed by atoms with Crippen molar-refractivity contribution in [1.29, 1.82) is 0 Å². The fraction of sp³-hybridized carbons (Fsp3) is 0.364. The largest absolute Gasteiger partial charge is 0.460 e. The number of amides is 1. The summed E-state index contributed by atoms with van der Waals surface area (Å²) in [6.45, 7) is 3.70. The first-order valence-electron chi connectivity index (χ1n) is 10.1. The van der Waals surface area contributed by atoms with Gasteiger partial charge in [0, 0.05) is 18.7 Å². The number of carbonyl (C=O) groups is 2. The van der Waals surface area contributed by atoms with Gasteiger partial charge in [0.15, 0.2) is 0 Å². The Morgan fingerprint density at radius 3 is 2.44 bits per heavy atom. The first-order chi connectivity index (χ1) is 15.2. The van der Waals surface area contributed by atoms with Crippen LogP contribution in [-0.4, -0.2) is 56.4 Å². The number of halogens is 1. The van der Waals surface area contributed by atoms with Crippen LogP contribution in [0.4, 0.5) is 0 Å². The van der Waals surface area contributed by atoms with Gasteiger partial charge >= 0.3 is 5.97 Å². The van der Waals surface area contributed by atoms with Crippen molar-refractivity contribution >= 4 is 33.5 Å². The molecule has 0 spiro atoms. The second kappa shape index (κ2) is 10.4. The Hall–Kier alpha value is -2.46. The van der Waals surface area contributed by atoms with Crippen LogP contribution < -0.4 is 5.32 Å². The van der Waals surface area contributed by atoms with Gasteiger partial charge in [-0.25, -0.2) is 8.42 Å². The maximum atomic E-state index is 13.1. The Morgan fingerprint density at radius 2 is 1.78 bits per heavy atom. The zero-order valence-electron chi connectivity index (χ0n) is 17.8. The van der Waals surface area contributed by atoms with Crippen LogP contribution in [-0.2, 0) is 30.9 Å². The zero-order valence-corrected chi connectivity index (χ0v) is 19.4. The number of ether oxygens (including phenoxy) is 2. The SMILES string of the molecule is CC1CN(S(=O)(=O)c2cc(C(=O)NCC(=O)OCc3ccccc3)ccc2Cl)CC(C)O1. The van der Waals surface area contributed by atoms with E-state index in [2.05, 4.69) is 5.32 Å². The fourth-order valence-electron chi connectivity index (χ4n) is 3.35. The van der Waals surface area contributed by atoms with E-state index >= 15 is 0 Å². The molecule has 0 aliphatic carbocycles. The number of benzene rings is 2. The van der Waals surface area contributed by atoms with Gasteiger partial charge in [-0.3, -0.25) is 9.59 Å². The highest BCUT2D eigenvalue weighted by atomic mass is 35.5. The fourth-order valence-corrected chi connectivity index (χ4v) is 5.44. The molecular weight excluding hydrogens is 456 g/mol. The van der Waals surface area contributed by atoms with Crippen molar-refractivity contribution in [2.75, 3.05) is 19.6 Å². The molecule has 1 saturated heterocycles. The van der Waals surface area contributed by atoms with Crippen molar-refractivity contribution in [2.24, 2.45) is 0 Å². The summed E-state index contributed by atoms with van der Waals surface area (Å²) in [5.74, 6) is -1.22. The zero-order chi connectivity index (χ0) is 23.3. The lowest BCUT2D eigenvalue weighted by molar-refractivity contribution is -0.143. The molecule has 3 rings (SSSR count). The quantitative estimate of drug-likeness (QED) is 0.611. The summed E-state index contributed by atoms with van der Waals surface area (Å²) in [5.41, 5.74) is 0.893. The molecule has 2 aromatic rings. The van der Waals surface area contributed by atoms with Gasteiger partial charge in [-0.1, -0.05) is 41.9 Å². The lowest BCUT2D eigenvalue weighted by Crippen LogP contribution is -2.48. The molecule has 1 aliphatic heterocycles. The van der Waals surface area contributed by atoms with Gasteiger partial charge in [0.1, 0.15) is 18.0 Å². The second-order valence-corrected chi connectivity index (χ2v) is 9.87. The van der Waals surface area contributed by atoms with Crippen LogP contribution in [0.25, 0.3) is 0 Å². The number of hydrogen-bond acceptors (Lipinski definition) is 6. The molecule has 172 valence electrons. The van der Waals surface area contributed by atoms with Gasteiger partial charge in [0.25, 0.3) is 5.91 Å². The van der Waals surface area contributed by atoms with Gasteiger partial charge < -0.3 is 14.8 Å². The Bertz CT molecular complexity index is 1070. The normalized spacial score (nSPS) is 19.3. The summed E-state index contributed by atoms with van der Waals surface area (Å²) < 4.78 is 38.3. The molecule has 32 heavy (non-hydrogen) atoms. The minimum Gasteiger partial charge on any atom is -0.460 e. The number of carbonyl (C=O) groups excluding carboxylic acids is 2. The lowest BCUT2D eigenvalue weighted by atomic mass is 10.2. The molecular formula is C22H25ClN2O6S.